The molecule has 0 aliphatic rings. The lowest BCUT2D eigenvalue weighted by Crippen LogP contribution is -2.47. The van der Waals surface area contributed by atoms with Crippen molar-refractivity contribution < 1.29 is 39.3 Å². The number of carboxylic acids is 3. The summed E-state index contributed by atoms with van der Waals surface area (Å²) < 4.78 is 0. The van der Waals surface area contributed by atoms with E-state index in [1.54, 1.807) is 0 Å². The Morgan fingerprint density at radius 2 is 0.778 bits per heavy atom. The average molecular weight is 630 g/mol. The zero-order chi connectivity index (χ0) is 33.2. The number of aliphatic carboxylic acids is 3. The number of carbonyl (C=O) groups is 5. The Morgan fingerprint density at radius 1 is 0.489 bits per heavy atom. The largest absolute Gasteiger partial charge is 0.480 e. The fourth-order valence-electron chi connectivity index (χ4n) is 4.34. The van der Waals surface area contributed by atoms with Crippen LogP contribution in [0.15, 0.2) is 48.5 Å². The molecule has 246 valence electrons. The minimum atomic E-state index is -1.15. The average Bonchev–Trinajstić information content (AvgIpc) is 2.99. The van der Waals surface area contributed by atoms with Crippen LogP contribution < -0.4 is 22.1 Å². The maximum Gasteiger partial charge on any atom is 0.317 e. The molecule has 0 spiro atoms. The van der Waals surface area contributed by atoms with Crippen molar-refractivity contribution in [1.82, 2.24) is 25.3 Å². The summed E-state index contributed by atoms with van der Waals surface area (Å²) in [7, 11) is 0. The number of rotatable bonds is 22. The summed E-state index contributed by atoms with van der Waals surface area (Å²) in [5.41, 5.74) is 14.8. The second-order valence-corrected chi connectivity index (χ2v) is 10.5. The van der Waals surface area contributed by atoms with Crippen LogP contribution in [0.2, 0.25) is 0 Å². The number of hydrogen-bond donors (Lipinski definition) is 7. The van der Waals surface area contributed by atoms with Gasteiger partial charge in [-0.1, -0.05) is 48.5 Å². The van der Waals surface area contributed by atoms with Crippen molar-refractivity contribution in [1.29, 1.82) is 0 Å². The number of nitrogens with zero attached hydrogens (tertiary/aromatic N) is 3. The molecule has 0 radical (unpaired) electrons. The van der Waals surface area contributed by atoms with Crippen LogP contribution in [0.1, 0.15) is 22.3 Å². The Morgan fingerprint density at radius 3 is 1.09 bits per heavy atom. The van der Waals surface area contributed by atoms with E-state index >= 15 is 0 Å². The first-order chi connectivity index (χ1) is 21.5. The van der Waals surface area contributed by atoms with Gasteiger partial charge in [0.25, 0.3) is 0 Å². The molecule has 45 heavy (non-hydrogen) atoms. The number of nitrogens with one attached hydrogen (secondary N) is 2. The topological polar surface area (TPSA) is 232 Å². The van der Waals surface area contributed by atoms with Crippen molar-refractivity contribution >= 4 is 29.7 Å². The maximum absolute atomic E-state index is 12.6. The van der Waals surface area contributed by atoms with Gasteiger partial charge in [-0.15, -0.1) is 0 Å². The lowest BCUT2D eigenvalue weighted by atomic mass is 10.1. The predicted octanol–water partition coefficient (Wildman–Crippen LogP) is -1.30. The Bertz CT molecular complexity index is 1170. The van der Waals surface area contributed by atoms with E-state index in [1.807, 2.05) is 48.5 Å². The van der Waals surface area contributed by atoms with Gasteiger partial charge in [0.1, 0.15) is 0 Å². The third-order valence-corrected chi connectivity index (χ3v) is 6.77. The van der Waals surface area contributed by atoms with Crippen molar-refractivity contribution in [3.8, 4) is 0 Å². The second-order valence-electron chi connectivity index (χ2n) is 10.5. The van der Waals surface area contributed by atoms with Crippen molar-refractivity contribution in [2.75, 3.05) is 58.9 Å². The van der Waals surface area contributed by atoms with Crippen LogP contribution in [-0.4, -0.2) is 119 Å². The van der Waals surface area contributed by atoms with Gasteiger partial charge in [-0.25, -0.2) is 0 Å². The fourth-order valence-corrected chi connectivity index (χ4v) is 4.34. The molecule has 0 aromatic heterocycles. The van der Waals surface area contributed by atoms with Crippen molar-refractivity contribution in [2.24, 2.45) is 11.5 Å². The van der Waals surface area contributed by atoms with Gasteiger partial charge in [-0.3, -0.25) is 38.7 Å². The molecular weight excluding hydrogens is 586 g/mol. The Hall–Kier alpha value is -4.41. The summed E-state index contributed by atoms with van der Waals surface area (Å²) >= 11 is 0. The molecule has 0 atom stereocenters. The van der Waals surface area contributed by atoms with Crippen molar-refractivity contribution in [2.45, 2.75) is 26.2 Å². The van der Waals surface area contributed by atoms with E-state index in [0.717, 1.165) is 22.3 Å². The Balaban J connectivity index is 1.93. The molecule has 0 bridgehead atoms. The number of carboxylic acid groups (broad SMARTS) is 3. The summed E-state index contributed by atoms with van der Waals surface area (Å²) in [5.74, 6) is -4.25. The van der Waals surface area contributed by atoms with Gasteiger partial charge >= 0.3 is 17.9 Å². The quantitative estimate of drug-likeness (QED) is 0.0803. The number of benzene rings is 2. The molecule has 0 heterocycles. The van der Waals surface area contributed by atoms with E-state index in [4.69, 9.17) is 11.5 Å². The van der Waals surface area contributed by atoms with Gasteiger partial charge in [-0.05, 0) is 22.3 Å². The van der Waals surface area contributed by atoms with E-state index < -0.39 is 49.4 Å². The molecule has 0 aliphatic carbocycles. The van der Waals surface area contributed by atoms with Crippen molar-refractivity contribution in [3.05, 3.63) is 70.8 Å². The summed E-state index contributed by atoms with van der Waals surface area (Å²) in [6, 6.07) is 14.7. The van der Waals surface area contributed by atoms with Crippen LogP contribution in [0.25, 0.3) is 0 Å². The highest BCUT2D eigenvalue weighted by Gasteiger charge is 2.20. The molecule has 9 N–H and O–H groups in total. The van der Waals surface area contributed by atoms with Gasteiger partial charge in [0.05, 0.1) is 32.7 Å². The Labute approximate surface area is 261 Å². The Kier molecular flexibility index (Phi) is 16.2. The first-order valence-electron chi connectivity index (χ1n) is 14.4. The zero-order valence-corrected chi connectivity index (χ0v) is 25.2. The normalized spacial score (nSPS) is 11.1. The van der Waals surface area contributed by atoms with Gasteiger partial charge in [0, 0.05) is 52.4 Å². The lowest BCUT2D eigenvalue weighted by molar-refractivity contribution is -0.141. The molecule has 15 heteroatoms. The second kappa shape index (κ2) is 19.8. The highest BCUT2D eigenvalue weighted by atomic mass is 16.4. The first-order valence-corrected chi connectivity index (χ1v) is 14.4. The third-order valence-electron chi connectivity index (χ3n) is 6.77. The molecule has 0 saturated carbocycles. The molecule has 15 nitrogen and oxygen atoms in total. The van der Waals surface area contributed by atoms with E-state index in [-0.39, 0.29) is 52.4 Å². The lowest BCUT2D eigenvalue weighted by Gasteiger charge is -2.28. The SMILES string of the molecule is NCc1ccc(CNC(=O)CN(CCN(CCN(CC(=O)O)CC(=O)NCc2ccc(CN)cc2)CC(=O)O)CC(=O)O)cc1. The molecule has 2 aromatic carbocycles. The molecule has 0 unspecified atom stereocenters. The fraction of sp³-hybridized carbons (Fsp3) is 0.433. The summed E-state index contributed by atoms with van der Waals surface area (Å²) in [5, 5.41) is 33.6. The monoisotopic (exact) mass is 629 g/mol. The molecular formula is C30H43N7O8. The standard InChI is InChI=1S/C30H43N7O8/c31-13-22-1-5-24(6-2-22)15-33-26(38)17-36(20-29(42)43)11-9-35(19-28(40)41)10-12-37(21-30(44)45)18-27(39)34-16-25-7-3-23(14-32)4-8-25/h1-8H,9-21,31-32H2,(H,33,38)(H,34,39)(H,40,41)(H,42,43)(H,44,45). The van der Waals surface area contributed by atoms with Gasteiger partial charge in [0.15, 0.2) is 0 Å². The van der Waals surface area contributed by atoms with Crippen LogP contribution in [-0.2, 0) is 50.2 Å². The molecule has 0 saturated heterocycles. The molecule has 0 fully saturated rings. The minimum absolute atomic E-state index is 0.0561. The van der Waals surface area contributed by atoms with Crippen LogP contribution >= 0.6 is 0 Å². The minimum Gasteiger partial charge on any atom is -0.480 e. The molecule has 2 amide bonds. The first kappa shape index (κ1) is 36.8. The third kappa shape index (κ3) is 15.8. The van der Waals surface area contributed by atoms with Crippen molar-refractivity contribution in [3.63, 3.8) is 0 Å². The highest BCUT2D eigenvalue weighted by molar-refractivity contribution is 5.79. The van der Waals surface area contributed by atoms with Gasteiger partial charge in [0.2, 0.25) is 11.8 Å². The van der Waals surface area contributed by atoms with Crippen LogP contribution in [0, 0.1) is 0 Å². The van der Waals surface area contributed by atoms with Gasteiger partial charge < -0.3 is 37.4 Å². The summed E-state index contributed by atoms with van der Waals surface area (Å²) in [6.45, 7) is -0.200. The summed E-state index contributed by atoms with van der Waals surface area (Å²) in [4.78, 5) is 63.8. The smallest absolute Gasteiger partial charge is 0.317 e. The van der Waals surface area contributed by atoms with E-state index in [9.17, 15) is 39.3 Å². The molecule has 0 aliphatic heterocycles. The molecule has 2 rings (SSSR count). The van der Waals surface area contributed by atoms with Crippen LogP contribution in [0.5, 0.6) is 0 Å². The highest BCUT2D eigenvalue weighted by Crippen LogP contribution is 2.05. The number of nitrogens with two attached hydrogens (primary N) is 2. The predicted molar refractivity (Wildman–Crippen MR) is 165 cm³/mol. The molecule has 2 aromatic rings. The number of hydrogen-bond acceptors (Lipinski definition) is 10. The zero-order valence-electron chi connectivity index (χ0n) is 25.2. The van der Waals surface area contributed by atoms with E-state index in [0.29, 0.717) is 13.1 Å². The van der Waals surface area contributed by atoms with E-state index in [2.05, 4.69) is 10.6 Å². The van der Waals surface area contributed by atoms with Crippen LogP contribution in [0.4, 0.5) is 0 Å². The number of carbonyl (C=O) groups excluding carboxylic acids is 2. The number of amides is 2. The van der Waals surface area contributed by atoms with E-state index in [1.165, 1.54) is 14.7 Å². The van der Waals surface area contributed by atoms with Crippen LogP contribution in [0.3, 0.4) is 0 Å². The summed E-state index contributed by atoms with van der Waals surface area (Å²) in [6.07, 6.45) is 0. The maximum atomic E-state index is 12.6. The van der Waals surface area contributed by atoms with Gasteiger partial charge in [-0.2, -0.15) is 0 Å².